The summed E-state index contributed by atoms with van der Waals surface area (Å²) in [7, 11) is 0. The lowest BCUT2D eigenvalue weighted by atomic mass is 10.1. The second kappa shape index (κ2) is 6.61. The number of likely N-dealkylation sites (tertiary alicyclic amines) is 1. The third kappa shape index (κ3) is 3.43. The number of hydrogen-bond donors (Lipinski definition) is 0. The Bertz CT molecular complexity index is 553. The molecule has 6 heteroatoms. The largest absolute Gasteiger partial charge is 0.381 e. The van der Waals surface area contributed by atoms with Gasteiger partial charge in [0, 0.05) is 64.1 Å². The van der Waals surface area contributed by atoms with E-state index in [0.29, 0.717) is 17.7 Å². The molecule has 3 aliphatic heterocycles. The van der Waals surface area contributed by atoms with Crippen molar-refractivity contribution < 1.29 is 9.53 Å². The first-order valence-corrected chi connectivity index (χ1v) is 8.86. The summed E-state index contributed by atoms with van der Waals surface area (Å²) < 4.78 is 7.81. The highest BCUT2D eigenvalue weighted by Crippen LogP contribution is 2.22. The zero-order valence-corrected chi connectivity index (χ0v) is 13.7. The molecule has 4 heterocycles. The number of fused-ring (bicyclic) bond motifs is 1. The van der Waals surface area contributed by atoms with E-state index in [0.717, 1.165) is 71.1 Å². The van der Waals surface area contributed by atoms with Gasteiger partial charge in [0.15, 0.2) is 0 Å². The summed E-state index contributed by atoms with van der Waals surface area (Å²) in [6, 6.07) is 0. The molecule has 1 aromatic rings. The number of ether oxygens (including phenoxy) is 1. The third-order valence-electron chi connectivity index (χ3n) is 5.33. The van der Waals surface area contributed by atoms with Crippen molar-refractivity contribution in [1.82, 2.24) is 19.4 Å². The topological polar surface area (TPSA) is 50.6 Å². The average molecular weight is 318 g/mol. The van der Waals surface area contributed by atoms with E-state index in [1.807, 2.05) is 6.20 Å². The van der Waals surface area contributed by atoms with E-state index in [1.165, 1.54) is 6.42 Å². The van der Waals surface area contributed by atoms with E-state index in [9.17, 15) is 4.79 Å². The molecule has 4 rings (SSSR count). The summed E-state index contributed by atoms with van der Waals surface area (Å²) in [4.78, 5) is 21.1. The van der Waals surface area contributed by atoms with E-state index in [-0.39, 0.29) is 0 Å². The lowest BCUT2D eigenvalue weighted by Crippen LogP contribution is -2.38. The van der Waals surface area contributed by atoms with Crippen LogP contribution in [0.2, 0.25) is 0 Å². The van der Waals surface area contributed by atoms with E-state index in [4.69, 9.17) is 4.74 Å². The normalized spacial score (nSPS) is 29.0. The van der Waals surface area contributed by atoms with Crippen LogP contribution in [0.4, 0.5) is 0 Å². The Balaban J connectivity index is 1.46. The van der Waals surface area contributed by atoms with Gasteiger partial charge in [-0.3, -0.25) is 9.69 Å². The van der Waals surface area contributed by atoms with Crippen LogP contribution in [-0.2, 0) is 22.6 Å². The summed E-state index contributed by atoms with van der Waals surface area (Å²) in [6.07, 6.45) is 6.89. The van der Waals surface area contributed by atoms with Crippen molar-refractivity contribution in [3.05, 3.63) is 18.2 Å². The molecule has 1 amide bonds. The van der Waals surface area contributed by atoms with Crippen molar-refractivity contribution in [1.29, 1.82) is 0 Å². The number of imidazole rings is 1. The minimum Gasteiger partial charge on any atom is -0.381 e. The summed E-state index contributed by atoms with van der Waals surface area (Å²) in [5, 5.41) is 0. The number of carbonyl (C=O) groups is 1. The molecule has 2 atom stereocenters. The molecule has 0 unspecified atom stereocenters. The second-order valence-corrected chi connectivity index (χ2v) is 7.23. The molecule has 3 aliphatic rings. The van der Waals surface area contributed by atoms with Crippen LogP contribution < -0.4 is 0 Å². The minimum absolute atomic E-state index is 0.329. The number of hydrogen-bond acceptors (Lipinski definition) is 4. The maximum Gasteiger partial charge on any atom is 0.222 e. The highest BCUT2D eigenvalue weighted by atomic mass is 16.5. The zero-order valence-electron chi connectivity index (χ0n) is 13.7. The maximum atomic E-state index is 12.0. The quantitative estimate of drug-likeness (QED) is 0.830. The summed E-state index contributed by atoms with van der Waals surface area (Å²) in [5.74, 6) is 2.61. The lowest BCUT2D eigenvalue weighted by Gasteiger charge is -2.28. The van der Waals surface area contributed by atoms with Gasteiger partial charge in [-0.05, 0) is 18.8 Å². The Kier molecular flexibility index (Phi) is 4.35. The van der Waals surface area contributed by atoms with Crippen LogP contribution in [0, 0.1) is 11.8 Å². The first-order valence-electron chi connectivity index (χ1n) is 8.86. The van der Waals surface area contributed by atoms with Gasteiger partial charge in [-0.25, -0.2) is 4.98 Å². The van der Waals surface area contributed by atoms with Crippen LogP contribution in [0.3, 0.4) is 0 Å². The Labute approximate surface area is 137 Å². The van der Waals surface area contributed by atoms with Crippen molar-refractivity contribution >= 4 is 5.91 Å². The van der Waals surface area contributed by atoms with E-state index in [1.54, 1.807) is 0 Å². The first kappa shape index (κ1) is 15.1. The molecule has 0 saturated carbocycles. The molecule has 0 aromatic carbocycles. The molecule has 126 valence electrons. The highest BCUT2D eigenvalue weighted by molar-refractivity contribution is 5.78. The minimum atomic E-state index is 0.329. The molecule has 1 aromatic heterocycles. The van der Waals surface area contributed by atoms with Gasteiger partial charge >= 0.3 is 0 Å². The van der Waals surface area contributed by atoms with Gasteiger partial charge in [0.25, 0.3) is 0 Å². The molecule has 6 nitrogen and oxygen atoms in total. The van der Waals surface area contributed by atoms with Crippen LogP contribution in [0.1, 0.15) is 25.1 Å². The standard InChI is InChI=1S/C17H26N4O2/c22-17-2-1-5-21(17)11-15-9-19(8-14-3-7-23-13-14)12-16-18-4-6-20(16)10-15/h4,6,14-15H,1-3,5,7-13H2/t14-,15+/m1/s1. The predicted molar refractivity (Wildman–Crippen MR) is 85.7 cm³/mol. The molecule has 0 N–H and O–H groups in total. The summed E-state index contributed by atoms with van der Waals surface area (Å²) in [5.41, 5.74) is 0. The predicted octanol–water partition coefficient (Wildman–Crippen LogP) is 0.974. The lowest BCUT2D eigenvalue weighted by molar-refractivity contribution is -0.128. The Morgan fingerprint density at radius 1 is 1.26 bits per heavy atom. The number of nitrogens with zero attached hydrogens (tertiary/aromatic N) is 4. The average Bonchev–Trinajstić information content (AvgIpc) is 3.24. The van der Waals surface area contributed by atoms with Gasteiger partial charge in [-0.1, -0.05) is 0 Å². The first-order chi connectivity index (χ1) is 11.3. The van der Waals surface area contributed by atoms with Gasteiger partial charge in [0.2, 0.25) is 5.91 Å². The van der Waals surface area contributed by atoms with Gasteiger partial charge in [0.05, 0.1) is 13.2 Å². The zero-order chi connectivity index (χ0) is 15.6. The molecular weight excluding hydrogens is 292 g/mol. The summed E-state index contributed by atoms with van der Waals surface area (Å²) >= 11 is 0. The van der Waals surface area contributed by atoms with Crippen LogP contribution >= 0.6 is 0 Å². The fourth-order valence-electron chi connectivity index (χ4n) is 4.18. The summed E-state index contributed by atoms with van der Waals surface area (Å²) in [6.45, 7) is 7.61. The Morgan fingerprint density at radius 2 is 2.22 bits per heavy atom. The fraction of sp³-hybridized carbons (Fsp3) is 0.765. The van der Waals surface area contributed by atoms with Crippen molar-refractivity contribution in [3.63, 3.8) is 0 Å². The molecule has 0 radical (unpaired) electrons. The monoisotopic (exact) mass is 318 g/mol. The molecule has 2 saturated heterocycles. The van der Waals surface area contributed by atoms with E-state index in [2.05, 4.69) is 25.5 Å². The van der Waals surface area contributed by atoms with Crippen LogP contribution in [0.15, 0.2) is 12.4 Å². The Hall–Kier alpha value is -1.40. The number of rotatable bonds is 4. The molecule has 0 spiro atoms. The van der Waals surface area contributed by atoms with Gasteiger partial charge in [-0.2, -0.15) is 0 Å². The molecule has 2 fully saturated rings. The number of aromatic nitrogens is 2. The third-order valence-corrected chi connectivity index (χ3v) is 5.33. The van der Waals surface area contributed by atoms with Crippen molar-refractivity contribution in [3.8, 4) is 0 Å². The van der Waals surface area contributed by atoms with Gasteiger partial charge in [-0.15, -0.1) is 0 Å². The number of amides is 1. The highest BCUT2D eigenvalue weighted by Gasteiger charge is 2.29. The van der Waals surface area contributed by atoms with E-state index >= 15 is 0 Å². The smallest absolute Gasteiger partial charge is 0.222 e. The molecule has 0 aliphatic carbocycles. The van der Waals surface area contributed by atoms with Gasteiger partial charge < -0.3 is 14.2 Å². The van der Waals surface area contributed by atoms with Crippen LogP contribution in [0.5, 0.6) is 0 Å². The second-order valence-electron chi connectivity index (χ2n) is 7.23. The molecule has 23 heavy (non-hydrogen) atoms. The SMILES string of the molecule is O=C1CCCN1C[C@H]1CN(C[C@H]2CCOC2)Cc2nccn2C1. The van der Waals surface area contributed by atoms with E-state index < -0.39 is 0 Å². The molecule has 0 bridgehead atoms. The van der Waals surface area contributed by atoms with Crippen molar-refractivity contribution in [2.24, 2.45) is 11.8 Å². The van der Waals surface area contributed by atoms with Crippen molar-refractivity contribution in [2.45, 2.75) is 32.4 Å². The van der Waals surface area contributed by atoms with Crippen molar-refractivity contribution in [2.75, 3.05) is 39.4 Å². The van der Waals surface area contributed by atoms with Crippen LogP contribution in [0.25, 0.3) is 0 Å². The maximum absolute atomic E-state index is 12.0. The number of carbonyl (C=O) groups excluding carboxylic acids is 1. The van der Waals surface area contributed by atoms with Gasteiger partial charge in [0.1, 0.15) is 5.82 Å². The van der Waals surface area contributed by atoms with Crippen LogP contribution in [-0.4, -0.2) is 64.7 Å². The fourth-order valence-corrected chi connectivity index (χ4v) is 4.18. The molecular formula is C17H26N4O2. The Morgan fingerprint density at radius 3 is 3.00 bits per heavy atom.